The number of hydrogen-bond acceptors (Lipinski definition) is 1. The van der Waals surface area contributed by atoms with E-state index in [2.05, 4.69) is 0 Å². The highest BCUT2D eigenvalue weighted by Crippen LogP contribution is 2.34. The second-order valence-corrected chi connectivity index (χ2v) is 3.38. The highest BCUT2D eigenvalue weighted by Gasteiger charge is 2.33. The maximum absolute atomic E-state index is 12.4. The monoisotopic (exact) mass is 223 g/mol. The van der Waals surface area contributed by atoms with E-state index >= 15 is 0 Å². The average molecular weight is 224 g/mol. The zero-order valence-corrected chi connectivity index (χ0v) is 8.21. The summed E-state index contributed by atoms with van der Waals surface area (Å²) < 4.78 is 37.3. The van der Waals surface area contributed by atoms with Gasteiger partial charge in [-0.25, -0.2) is 0 Å². The van der Waals surface area contributed by atoms with E-state index in [-0.39, 0.29) is 17.1 Å². The van der Waals surface area contributed by atoms with Gasteiger partial charge in [0.15, 0.2) is 0 Å². The molecule has 0 aliphatic heterocycles. The van der Waals surface area contributed by atoms with Crippen LogP contribution in [0, 0.1) is 6.92 Å². The first-order valence-corrected chi connectivity index (χ1v) is 4.30. The lowest BCUT2D eigenvalue weighted by Crippen LogP contribution is -2.11. The van der Waals surface area contributed by atoms with Crippen LogP contribution in [0.3, 0.4) is 0 Å². The van der Waals surface area contributed by atoms with Gasteiger partial charge in [0.25, 0.3) is 0 Å². The van der Waals surface area contributed by atoms with Gasteiger partial charge in [-0.15, -0.1) is 0 Å². The Morgan fingerprint density at radius 3 is 2.36 bits per heavy atom. The van der Waals surface area contributed by atoms with Crippen molar-refractivity contribution in [1.82, 2.24) is 0 Å². The molecule has 0 saturated heterocycles. The Balaban J connectivity index is 3.37. The molecule has 1 aromatic rings. The minimum absolute atomic E-state index is 0.0511. The highest BCUT2D eigenvalue weighted by atomic mass is 35.5. The van der Waals surface area contributed by atoms with Gasteiger partial charge in [-0.05, 0) is 30.2 Å². The minimum Gasteiger partial charge on any atom is -0.326 e. The predicted octanol–water partition coefficient (Wildman–Crippen LogP) is 3.13. The molecule has 1 nitrogen and oxygen atoms in total. The molecule has 0 radical (unpaired) electrons. The van der Waals surface area contributed by atoms with Crippen LogP contribution in [0.4, 0.5) is 13.2 Å². The first kappa shape index (κ1) is 11.3. The van der Waals surface area contributed by atoms with Crippen LogP contribution in [0.2, 0.25) is 5.02 Å². The molecule has 0 unspecified atom stereocenters. The van der Waals surface area contributed by atoms with E-state index in [1.165, 1.54) is 13.0 Å². The van der Waals surface area contributed by atoms with Gasteiger partial charge in [0.1, 0.15) is 0 Å². The topological polar surface area (TPSA) is 26.0 Å². The lowest BCUT2D eigenvalue weighted by atomic mass is 10.0. The SMILES string of the molecule is Cc1c(CN)cc(Cl)cc1C(F)(F)F. The Kier molecular flexibility index (Phi) is 3.07. The number of halogens is 4. The van der Waals surface area contributed by atoms with Crippen LogP contribution >= 0.6 is 11.6 Å². The Morgan fingerprint density at radius 2 is 1.93 bits per heavy atom. The molecule has 0 aromatic heterocycles. The molecule has 0 saturated carbocycles. The van der Waals surface area contributed by atoms with Crippen LogP contribution < -0.4 is 5.73 Å². The molecular formula is C9H9ClF3N. The molecule has 0 bridgehead atoms. The summed E-state index contributed by atoms with van der Waals surface area (Å²) in [5.41, 5.74) is 5.15. The fourth-order valence-corrected chi connectivity index (χ4v) is 1.48. The smallest absolute Gasteiger partial charge is 0.326 e. The van der Waals surface area contributed by atoms with Gasteiger partial charge >= 0.3 is 6.18 Å². The molecule has 78 valence electrons. The molecule has 2 N–H and O–H groups in total. The predicted molar refractivity (Wildman–Crippen MR) is 49.1 cm³/mol. The van der Waals surface area contributed by atoms with Crippen molar-refractivity contribution in [2.45, 2.75) is 19.6 Å². The van der Waals surface area contributed by atoms with Crippen molar-refractivity contribution < 1.29 is 13.2 Å². The summed E-state index contributed by atoms with van der Waals surface area (Å²) in [6, 6.07) is 2.36. The van der Waals surface area contributed by atoms with E-state index in [0.29, 0.717) is 5.56 Å². The van der Waals surface area contributed by atoms with Crippen molar-refractivity contribution >= 4 is 11.6 Å². The molecule has 0 amide bonds. The molecule has 1 aromatic carbocycles. The van der Waals surface area contributed by atoms with Crippen LogP contribution in [0.25, 0.3) is 0 Å². The molecule has 14 heavy (non-hydrogen) atoms. The number of nitrogens with two attached hydrogens (primary N) is 1. The quantitative estimate of drug-likeness (QED) is 0.778. The van der Waals surface area contributed by atoms with Gasteiger partial charge in [0.05, 0.1) is 5.56 Å². The Labute approximate surface area is 84.7 Å². The summed E-state index contributed by atoms with van der Waals surface area (Å²) in [5.74, 6) is 0. The van der Waals surface area contributed by atoms with Crippen LogP contribution in [-0.4, -0.2) is 0 Å². The highest BCUT2D eigenvalue weighted by molar-refractivity contribution is 6.30. The molecule has 0 fully saturated rings. The molecule has 0 aliphatic rings. The third kappa shape index (κ3) is 2.19. The van der Waals surface area contributed by atoms with Gasteiger partial charge < -0.3 is 5.73 Å². The maximum Gasteiger partial charge on any atom is 0.416 e. The number of rotatable bonds is 1. The molecule has 5 heteroatoms. The number of hydrogen-bond donors (Lipinski definition) is 1. The molecule has 0 aliphatic carbocycles. The van der Waals surface area contributed by atoms with Gasteiger partial charge in [-0.3, -0.25) is 0 Å². The summed E-state index contributed by atoms with van der Waals surface area (Å²) in [6.07, 6.45) is -4.38. The Bertz CT molecular complexity index is 347. The van der Waals surface area contributed by atoms with Crippen molar-refractivity contribution in [2.75, 3.05) is 0 Å². The second kappa shape index (κ2) is 3.79. The van der Waals surface area contributed by atoms with E-state index in [1.54, 1.807) is 0 Å². The van der Waals surface area contributed by atoms with Crippen LogP contribution in [-0.2, 0) is 12.7 Å². The van der Waals surface area contributed by atoms with Gasteiger partial charge in [0.2, 0.25) is 0 Å². The normalized spacial score (nSPS) is 11.9. The third-order valence-electron chi connectivity index (χ3n) is 2.01. The van der Waals surface area contributed by atoms with Crippen molar-refractivity contribution in [3.05, 3.63) is 33.8 Å². The van der Waals surface area contributed by atoms with Crippen molar-refractivity contribution in [2.24, 2.45) is 5.73 Å². The third-order valence-corrected chi connectivity index (χ3v) is 2.22. The van der Waals surface area contributed by atoms with Crippen LogP contribution in [0.15, 0.2) is 12.1 Å². The summed E-state index contributed by atoms with van der Waals surface area (Å²) in [7, 11) is 0. The molecule has 1 rings (SSSR count). The van der Waals surface area contributed by atoms with Gasteiger partial charge in [-0.2, -0.15) is 13.2 Å². The summed E-state index contributed by atoms with van der Waals surface area (Å²) in [6.45, 7) is 1.44. The molecule has 0 atom stereocenters. The number of alkyl halides is 3. The zero-order chi connectivity index (χ0) is 10.9. The lowest BCUT2D eigenvalue weighted by Gasteiger charge is -2.13. The lowest BCUT2D eigenvalue weighted by molar-refractivity contribution is -0.138. The Hall–Kier alpha value is -0.740. The summed E-state index contributed by atoms with van der Waals surface area (Å²) in [4.78, 5) is 0. The van der Waals surface area contributed by atoms with Crippen LogP contribution in [0.1, 0.15) is 16.7 Å². The molecule has 0 heterocycles. The maximum atomic E-state index is 12.4. The van der Waals surface area contributed by atoms with Crippen LogP contribution in [0.5, 0.6) is 0 Å². The van der Waals surface area contributed by atoms with E-state index in [9.17, 15) is 13.2 Å². The standard InChI is InChI=1S/C9H9ClF3N/c1-5-6(4-14)2-7(10)3-8(5)9(11,12)13/h2-3H,4,14H2,1H3. The van der Waals surface area contributed by atoms with Crippen molar-refractivity contribution in [3.8, 4) is 0 Å². The molecule has 0 spiro atoms. The first-order valence-electron chi connectivity index (χ1n) is 3.92. The van der Waals surface area contributed by atoms with E-state index < -0.39 is 11.7 Å². The van der Waals surface area contributed by atoms with Crippen molar-refractivity contribution in [1.29, 1.82) is 0 Å². The Morgan fingerprint density at radius 1 is 1.36 bits per heavy atom. The van der Waals surface area contributed by atoms with E-state index in [0.717, 1.165) is 6.07 Å². The average Bonchev–Trinajstić information content (AvgIpc) is 2.06. The summed E-state index contributed by atoms with van der Waals surface area (Å²) in [5, 5.41) is 0.0587. The number of benzene rings is 1. The summed E-state index contributed by atoms with van der Waals surface area (Å²) >= 11 is 5.55. The fourth-order valence-electron chi connectivity index (χ4n) is 1.24. The zero-order valence-electron chi connectivity index (χ0n) is 7.45. The van der Waals surface area contributed by atoms with Crippen molar-refractivity contribution in [3.63, 3.8) is 0 Å². The molecular weight excluding hydrogens is 215 g/mol. The minimum atomic E-state index is -4.38. The van der Waals surface area contributed by atoms with Gasteiger partial charge in [0, 0.05) is 11.6 Å². The van der Waals surface area contributed by atoms with E-state index in [4.69, 9.17) is 17.3 Å². The largest absolute Gasteiger partial charge is 0.416 e. The first-order chi connectivity index (χ1) is 6.36. The second-order valence-electron chi connectivity index (χ2n) is 2.94. The van der Waals surface area contributed by atoms with Gasteiger partial charge in [-0.1, -0.05) is 11.6 Å². The fraction of sp³-hybridized carbons (Fsp3) is 0.333. The van der Waals surface area contributed by atoms with E-state index in [1.807, 2.05) is 0 Å².